The van der Waals surface area contributed by atoms with Crippen molar-refractivity contribution in [3.63, 3.8) is 0 Å². The third kappa shape index (κ3) is 3.62. The fourth-order valence-electron chi connectivity index (χ4n) is 6.58. The molecule has 0 amide bonds. The van der Waals surface area contributed by atoms with Gasteiger partial charge in [-0.25, -0.2) is 0 Å². The van der Waals surface area contributed by atoms with Crippen molar-refractivity contribution in [1.29, 1.82) is 0 Å². The van der Waals surface area contributed by atoms with Crippen molar-refractivity contribution in [3.05, 3.63) is 152 Å². The highest BCUT2D eigenvalue weighted by Crippen LogP contribution is 2.49. The van der Waals surface area contributed by atoms with Crippen molar-refractivity contribution in [3.8, 4) is 11.1 Å². The van der Waals surface area contributed by atoms with E-state index in [0.29, 0.717) is 0 Å². The summed E-state index contributed by atoms with van der Waals surface area (Å²) in [5, 5.41) is 6.70. The summed E-state index contributed by atoms with van der Waals surface area (Å²) in [4.78, 5) is 2.35. The highest BCUT2D eigenvalue weighted by molar-refractivity contribution is 6.20. The summed E-state index contributed by atoms with van der Waals surface area (Å²) in [7, 11) is 0. The molecular weight excluding hydrogens is 526 g/mol. The lowest BCUT2D eigenvalue weighted by molar-refractivity contribution is 0.668. The van der Waals surface area contributed by atoms with E-state index in [1.807, 2.05) is 18.2 Å². The van der Waals surface area contributed by atoms with Crippen LogP contribution in [0.25, 0.3) is 65.8 Å². The Bertz CT molecular complexity index is 2460. The molecule has 0 radical (unpaired) electrons. The van der Waals surface area contributed by atoms with E-state index in [1.165, 1.54) is 5.39 Å². The van der Waals surface area contributed by atoms with E-state index in [-0.39, 0.29) is 0 Å². The summed E-state index contributed by atoms with van der Waals surface area (Å²) >= 11 is 0. The molecule has 0 unspecified atom stereocenters. The molecule has 0 saturated heterocycles. The van der Waals surface area contributed by atoms with E-state index >= 15 is 0 Å². The van der Waals surface area contributed by atoms with Gasteiger partial charge in [0.25, 0.3) is 0 Å². The maximum atomic E-state index is 6.80. The van der Waals surface area contributed by atoms with Gasteiger partial charge in [-0.1, -0.05) is 115 Å². The second-order valence-electron chi connectivity index (χ2n) is 10.9. The van der Waals surface area contributed by atoms with Gasteiger partial charge in [0.2, 0.25) is 0 Å². The number of benzene rings is 7. The minimum atomic E-state index is 0.847. The fraction of sp³-hybridized carbons (Fsp3) is 0. The number of nitrogens with zero attached hydrogens (tertiary/aromatic N) is 1. The van der Waals surface area contributed by atoms with Gasteiger partial charge in [-0.3, -0.25) is 0 Å². The number of rotatable bonds is 4. The molecule has 2 heterocycles. The average molecular weight is 552 g/mol. The number of hydrogen-bond acceptors (Lipinski definition) is 3. The van der Waals surface area contributed by atoms with Gasteiger partial charge >= 0.3 is 0 Å². The fourth-order valence-corrected chi connectivity index (χ4v) is 6.58. The van der Waals surface area contributed by atoms with Crippen molar-refractivity contribution in [2.75, 3.05) is 4.90 Å². The molecule has 9 rings (SSSR count). The SMILES string of the molecule is c1ccc(-c2ccc(N(c3cccc4ccccc34)c3cccc4oc5ccccc5c34)c3oc4ccccc4c23)cc1. The molecule has 0 saturated carbocycles. The van der Waals surface area contributed by atoms with Gasteiger partial charge in [-0.05, 0) is 52.9 Å². The number of anilines is 3. The van der Waals surface area contributed by atoms with Gasteiger partial charge in [0, 0.05) is 21.5 Å². The van der Waals surface area contributed by atoms with Crippen molar-refractivity contribution in [2.45, 2.75) is 0 Å². The Labute approximate surface area is 247 Å². The van der Waals surface area contributed by atoms with E-state index in [2.05, 4.69) is 138 Å². The molecule has 3 nitrogen and oxygen atoms in total. The molecule has 0 aliphatic heterocycles. The second kappa shape index (κ2) is 9.37. The Kier molecular flexibility index (Phi) is 5.20. The highest BCUT2D eigenvalue weighted by atomic mass is 16.3. The summed E-state index contributed by atoms with van der Waals surface area (Å²) in [6.07, 6.45) is 0. The van der Waals surface area contributed by atoms with Crippen LogP contribution in [0.2, 0.25) is 0 Å². The lowest BCUT2D eigenvalue weighted by atomic mass is 9.97. The Morgan fingerprint density at radius 2 is 0.977 bits per heavy atom. The van der Waals surface area contributed by atoms with Crippen LogP contribution in [-0.2, 0) is 0 Å². The standard InChI is InChI=1S/C40H25NO2/c1-2-12-27(13-3-1)29-24-25-34(40-38(29)30-17-6-9-22-36(30)43-40)41(32-19-10-15-26-14-4-5-16-28(26)32)33-20-11-23-37-39(33)31-18-7-8-21-35(31)42-37/h1-25H. The summed E-state index contributed by atoms with van der Waals surface area (Å²) in [5.41, 5.74) is 8.83. The molecule has 0 aliphatic carbocycles. The molecular formula is C40H25NO2. The van der Waals surface area contributed by atoms with Crippen LogP contribution in [0.3, 0.4) is 0 Å². The lowest BCUT2D eigenvalue weighted by Gasteiger charge is -2.28. The van der Waals surface area contributed by atoms with Crippen molar-refractivity contribution < 1.29 is 8.83 Å². The molecule has 0 atom stereocenters. The minimum Gasteiger partial charge on any atom is -0.456 e. The molecule has 202 valence electrons. The first kappa shape index (κ1) is 23.9. The number of fused-ring (bicyclic) bond motifs is 7. The Morgan fingerprint density at radius 3 is 1.81 bits per heavy atom. The number of para-hydroxylation sites is 2. The topological polar surface area (TPSA) is 29.5 Å². The summed E-state index contributed by atoms with van der Waals surface area (Å²) in [6, 6.07) is 53.0. The molecule has 9 aromatic rings. The second-order valence-corrected chi connectivity index (χ2v) is 10.9. The molecule has 0 aliphatic rings. The van der Waals surface area contributed by atoms with Crippen molar-refractivity contribution in [2.24, 2.45) is 0 Å². The van der Waals surface area contributed by atoms with E-state index in [4.69, 9.17) is 8.83 Å². The third-order valence-electron chi connectivity index (χ3n) is 8.46. The average Bonchev–Trinajstić information content (AvgIpc) is 3.65. The zero-order chi connectivity index (χ0) is 28.3. The van der Waals surface area contributed by atoms with E-state index in [9.17, 15) is 0 Å². The van der Waals surface area contributed by atoms with Gasteiger partial charge in [0.15, 0.2) is 5.58 Å². The number of hydrogen-bond donors (Lipinski definition) is 0. The molecule has 2 aromatic heterocycles. The highest BCUT2D eigenvalue weighted by Gasteiger charge is 2.25. The van der Waals surface area contributed by atoms with Crippen LogP contribution in [0.1, 0.15) is 0 Å². The first-order valence-corrected chi connectivity index (χ1v) is 14.5. The summed E-state index contributed by atoms with van der Waals surface area (Å²) < 4.78 is 13.2. The molecule has 0 fully saturated rings. The maximum absolute atomic E-state index is 6.80. The molecule has 7 aromatic carbocycles. The van der Waals surface area contributed by atoms with E-state index in [1.54, 1.807) is 0 Å². The van der Waals surface area contributed by atoms with Gasteiger partial charge < -0.3 is 13.7 Å². The van der Waals surface area contributed by atoms with Crippen LogP contribution in [0.5, 0.6) is 0 Å². The normalized spacial score (nSPS) is 11.7. The Balaban J connectivity index is 1.44. The molecule has 43 heavy (non-hydrogen) atoms. The quantitative estimate of drug-likeness (QED) is 0.218. The third-order valence-corrected chi connectivity index (χ3v) is 8.46. The predicted molar refractivity (Wildman–Crippen MR) is 179 cm³/mol. The van der Waals surface area contributed by atoms with Crippen LogP contribution in [-0.4, -0.2) is 0 Å². The first-order chi connectivity index (χ1) is 21.3. The van der Waals surface area contributed by atoms with Crippen LogP contribution in [0, 0.1) is 0 Å². The van der Waals surface area contributed by atoms with Gasteiger partial charge in [0.1, 0.15) is 16.7 Å². The summed E-state index contributed by atoms with van der Waals surface area (Å²) in [6.45, 7) is 0. The van der Waals surface area contributed by atoms with Crippen LogP contribution in [0.15, 0.2) is 160 Å². The van der Waals surface area contributed by atoms with E-state index < -0.39 is 0 Å². The number of furan rings is 2. The smallest absolute Gasteiger partial charge is 0.160 e. The zero-order valence-corrected chi connectivity index (χ0v) is 23.2. The largest absolute Gasteiger partial charge is 0.456 e. The molecule has 0 spiro atoms. The zero-order valence-electron chi connectivity index (χ0n) is 23.2. The van der Waals surface area contributed by atoms with Gasteiger partial charge in [-0.2, -0.15) is 0 Å². The first-order valence-electron chi connectivity index (χ1n) is 14.5. The Hall–Kier alpha value is -5.80. The molecule has 0 N–H and O–H groups in total. The Morgan fingerprint density at radius 1 is 0.372 bits per heavy atom. The monoisotopic (exact) mass is 551 g/mol. The predicted octanol–water partition coefficient (Wildman–Crippen LogP) is 11.8. The minimum absolute atomic E-state index is 0.847. The molecule has 3 heteroatoms. The van der Waals surface area contributed by atoms with Crippen LogP contribution in [0.4, 0.5) is 17.1 Å². The van der Waals surface area contributed by atoms with Crippen LogP contribution < -0.4 is 4.90 Å². The van der Waals surface area contributed by atoms with Crippen molar-refractivity contribution in [1.82, 2.24) is 0 Å². The lowest BCUT2D eigenvalue weighted by Crippen LogP contribution is -2.11. The van der Waals surface area contributed by atoms with Crippen LogP contribution >= 0.6 is 0 Å². The van der Waals surface area contributed by atoms with E-state index in [0.717, 1.165) is 77.5 Å². The van der Waals surface area contributed by atoms with Gasteiger partial charge in [-0.15, -0.1) is 0 Å². The summed E-state index contributed by atoms with van der Waals surface area (Å²) in [5.74, 6) is 0. The molecule has 0 bridgehead atoms. The van der Waals surface area contributed by atoms with Crippen molar-refractivity contribution >= 4 is 71.7 Å². The maximum Gasteiger partial charge on any atom is 0.160 e. The van der Waals surface area contributed by atoms with Gasteiger partial charge in [0.05, 0.1) is 22.4 Å².